The van der Waals surface area contributed by atoms with E-state index >= 15 is 0 Å². The van der Waals surface area contributed by atoms with Crippen LogP contribution < -0.4 is 5.73 Å². The third-order valence-electron chi connectivity index (χ3n) is 4.74. The Kier molecular flexibility index (Phi) is 2.70. The predicted octanol–water partition coefficient (Wildman–Crippen LogP) is 2.07. The highest BCUT2D eigenvalue weighted by Gasteiger charge is 2.34. The van der Waals surface area contributed by atoms with Crippen LogP contribution in [0.4, 0.5) is 0 Å². The molecule has 5 nitrogen and oxygen atoms in total. The summed E-state index contributed by atoms with van der Waals surface area (Å²) in [6.07, 6.45) is 8.98. The van der Waals surface area contributed by atoms with Crippen molar-refractivity contribution in [1.29, 1.82) is 0 Å². The van der Waals surface area contributed by atoms with E-state index in [0.717, 1.165) is 6.54 Å². The van der Waals surface area contributed by atoms with E-state index in [1.165, 1.54) is 42.6 Å². The van der Waals surface area contributed by atoms with Gasteiger partial charge in [-0.15, -0.1) is 0 Å². The largest absolute Gasteiger partial charge is 0.330 e. The van der Waals surface area contributed by atoms with Crippen molar-refractivity contribution < 1.29 is 0 Å². The number of hydrogen-bond acceptors (Lipinski definition) is 3. The van der Waals surface area contributed by atoms with Gasteiger partial charge in [0.15, 0.2) is 0 Å². The minimum atomic E-state index is 0.544. The fraction of sp³-hybridized carbons (Fsp3) is 0.600. The Hall–Kier alpha value is -1.62. The number of rotatable bonds is 4. The van der Waals surface area contributed by atoms with Gasteiger partial charge in [0.25, 0.3) is 0 Å². The molecule has 2 N–H and O–H groups in total. The Morgan fingerprint density at radius 3 is 2.75 bits per heavy atom. The maximum Gasteiger partial charge on any atom is 0.0749 e. The van der Waals surface area contributed by atoms with E-state index in [2.05, 4.69) is 22.0 Å². The van der Waals surface area contributed by atoms with Crippen molar-refractivity contribution >= 4 is 0 Å². The van der Waals surface area contributed by atoms with Crippen LogP contribution in [0, 0.1) is 5.92 Å². The van der Waals surface area contributed by atoms with Crippen molar-refractivity contribution in [3.63, 3.8) is 0 Å². The van der Waals surface area contributed by atoms with Crippen molar-refractivity contribution in [2.75, 3.05) is 6.54 Å². The molecule has 0 saturated heterocycles. The second-order valence-corrected chi connectivity index (χ2v) is 6.25. The van der Waals surface area contributed by atoms with E-state index in [1.807, 2.05) is 17.9 Å². The molecule has 0 aliphatic heterocycles. The van der Waals surface area contributed by atoms with E-state index in [0.29, 0.717) is 17.9 Å². The zero-order valence-corrected chi connectivity index (χ0v) is 11.9. The molecule has 0 amide bonds. The topological polar surface area (TPSA) is 61.7 Å². The van der Waals surface area contributed by atoms with Gasteiger partial charge in [0, 0.05) is 30.9 Å². The highest BCUT2D eigenvalue weighted by molar-refractivity contribution is 5.62. The van der Waals surface area contributed by atoms with Gasteiger partial charge in [0.05, 0.1) is 17.4 Å². The highest BCUT2D eigenvalue weighted by atomic mass is 15.3. The summed E-state index contributed by atoms with van der Waals surface area (Å²) in [6.45, 7) is 0.807. The minimum Gasteiger partial charge on any atom is -0.330 e. The van der Waals surface area contributed by atoms with E-state index in [-0.39, 0.29) is 0 Å². The average molecular weight is 271 g/mol. The molecule has 0 unspecified atom stereocenters. The van der Waals surface area contributed by atoms with E-state index in [4.69, 9.17) is 10.8 Å². The Bertz CT molecular complexity index is 616. The Morgan fingerprint density at radius 1 is 1.35 bits per heavy atom. The second-order valence-electron chi connectivity index (χ2n) is 6.25. The number of nitrogens with zero attached hydrogens (tertiary/aromatic N) is 4. The van der Waals surface area contributed by atoms with Crippen LogP contribution >= 0.6 is 0 Å². The number of aryl methyl sites for hydroxylation is 1. The summed E-state index contributed by atoms with van der Waals surface area (Å²) >= 11 is 0. The molecule has 2 aromatic heterocycles. The molecule has 0 bridgehead atoms. The molecule has 106 valence electrons. The van der Waals surface area contributed by atoms with Crippen LogP contribution in [0.5, 0.6) is 0 Å². The maximum atomic E-state index is 5.72. The van der Waals surface area contributed by atoms with Crippen molar-refractivity contribution in [1.82, 2.24) is 19.6 Å². The standard InChI is InChI=1S/C15H21N5/c1-19-14(4-5-17-19)13-9-20(12-6-10(7-12)8-16)18-15(13)11-2-3-11/h4-5,9-12H,2-3,6-8,16H2,1H3. The zero-order chi connectivity index (χ0) is 13.7. The lowest BCUT2D eigenvalue weighted by molar-refractivity contribution is 0.189. The fourth-order valence-electron chi connectivity index (χ4n) is 3.20. The third-order valence-corrected chi connectivity index (χ3v) is 4.74. The summed E-state index contributed by atoms with van der Waals surface area (Å²) in [5, 5.41) is 9.19. The van der Waals surface area contributed by atoms with Gasteiger partial charge in [0.1, 0.15) is 0 Å². The van der Waals surface area contributed by atoms with Crippen molar-refractivity contribution in [2.45, 2.75) is 37.6 Å². The van der Waals surface area contributed by atoms with Crippen LogP contribution in [0.25, 0.3) is 11.3 Å². The summed E-state index contributed by atoms with van der Waals surface area (Å²) in [5.74, 6) is 1.35. The third kappa shape index (κ3) is 1.88. The summed E-state index contributed by atoms with van der Waals surface area (Å²) < 4.78 is 4.12. The van der Waals surface area contributed by atoms with Gasteiger partial charge in [-0.1, -0.05) is 0 Å². The highest BCUT2D eigenvalue weighted by Crippen LogP contribution is 2.45. The summed E-state index contributed by atoms with van der Waals surface area (Å²) in [6, 6.07) is 2.62. The SMILES string of the molecule is Cn1nccc1-c1cn(C2CC(CN)C2)nc1C1CC1. The van der Waals surface area contributed by atoms with Crippen molar-refractivity contribution in [2.24, 2.45) is 18.7 Å². The maximum absolute atomic E-state index is 5.72. The van der Waals surface area contributed by atoms with E-state index in [1.54, 1.807) is 0 Å². The average Bonchev–Trinajstić information content (AvgIpc) is 3.01. The molecule has 2 aromatic rings. The number of nitrogens with two attached hydrogens (primary N) is 1. The Morgan fingerprint density at radius 2 is 2.15 bits per heavy atom. The first kappa shape index (κ1) is 12.1. The van der Waals surface area contributed by atoms with Crippen LogP contribution in [-0.4, -0.2) is 26.1 Å². The van der Waals surface area contributed by atoms with Gasteiger partial charge in [0.2, 0.25) is 0 Å². The molecule has 2 fully saturated rings. The smallest absolute Gasteiger partial charge is 0.0749 e. The van der Waals surface area contributed by atoms with E-state index in [9.17, 15) is 0 Å². The molecule has 2 heterocycles. The summed E-state index contributed by atoms with van der Waals surface area (Å²) in [4.78, 5) is 0. The van der Waals surface area contributed by atoms with Crippen LogP contribution in [0.1, 0.15) is 43.3 Å². The lowest BCUT2D eigenvalue weighted by Crippen LogP contribution is -2.32. The van der Waals surface area contributed by atoms with Crippen LogP contribution in [-0.2, 0) is 7.05 Å². The second kappa shape index (κ2) is 4.45. The van der Waals surface area contributed by atoms with Gasteiger partial charge in [-0.3, -0.25) is 9.36 Å². The molecule has 4 rings (SSSR count). The molecule has 5 heteroatoms. The molecular weight excluding hydrogens is 250 g/mol. The Balaban J connectivity index is 1.68. The normalized spacial score (nSPS) is 25.7. The van der Waals surface area contributed by atoms with Crippen LogP contribution in [0.2, 0.25) is 0 Å². The lowest BCUT2D eigenvalue weighted by atomic mass is 9.80. The summed E-state index contributed by atoms with van der Waals surface area (Å²) in [5.41, 5.74) is 9.43. The molecular formula is C15H21N5. The first-order valence-electron chi connectivity index (χ1n) is 7.53. The number of hydrogen-bond donors (Lipinski definition) is 1. The molecule has 0 atom stereocenters. The molecule has 0 radical (unpaired) electrons. The first-order valence-corrected chi connectivity index (χ1v) is 7.53. The molecule has 2 aliphatic carbocycles. The monoisotopic (exact) mass is 271 g/mol. The molecule has 2 aliphatic rings. The molecule has 0 aromatic carbocycles. The quantitative estimate of drug-likeness (QED) is 0.926. The van der Waals surface area contributed by atoms with Gasteiger partial charge in [-0.05, 0) is 44.2 Å². The Labute approximate surface area is 118 Å². The summed E-state index contributed by atoms with van der Waals surface area (Å²) in [7, 11) is 2.00. The van der Waals surface area contributed by atoms with Crippen LogP contribution in [0.15, 0.2) is 18.5 Å². The zero-order valence-electron chi connectivity index (χ0n) is 11.9. The van der Waals surface area contributed by atoms with Gasteiger partial charge >= 0.3 is 0 Å². The van der Waals surface area contributed by atoms with Gasteiger partial charge in [-0.25, -0.2) is 0 Å². The van der Waals surface area contributed by atoms with Crippen LogP contribution in [0.3, 0.4) is 0 Å². The van der Waals surface area contributed by atoms with Crippen molar-refractivity contribution in [3.05, 3.63) is 24.2 Å². The predicted molar refractivity (Wildman–Crippen MR) is 77.2 cm³/mol. The van der Waals surface area contributed by atoms with Gasteiger partial charge < -0.3 is 5.73 Å². The molecule has 2 saturated carbocycles. The molecule has 0 spiro atoms. The first-order chi connectivity index (χ1) is 9.76. The molecule has 20 heavy (non-hydrogen) atoms. The lowest BCUT2D eigenvalue weighted by Gasteiger charge is -2.34. The van der Waals surface area contributed by atoms with Gasteiger partial charge in [-0.2, -0.15) is 10.2 Å². The number of aromatic nitrogens is 4. The fourth-order valence-corrected chi connectivity index (χ4v) is 3.20. The minimum absolute atomic E-state index is 0.544. The van der Waals surface area contributed by atoms with E-state index < -0.39 is 0 Å². The van der Waals surface area contributed by atoms with Crippen molar-refractivity contribution in [3.8, 4) is 11.3 Å².